The van der Waals surface area contributed by atoms with Gasteiger partial charge in [-0.25, -0.2) is 0 Å². The summed E-state index contributed by atoms with van der Waals surface area (Å²) in [6, 6.07) is 0. The molecule has 0 fully saturated rings. The summed E-state index contributed by atoms with van der Waals surface area (Å²) < 4.78 is 99.6. The van der Waals surface area contributed by atoms with Gasteiger partial charge >= 0.3 is 5.97 Å². The van der Waals surface area contributed by atoms with Crippen LogP contribution in [0.4, 0.5) is 0 Å². The third kappa shape index (κ3) is 15.2. The maximum absolute atomic E-state index is 10.4. The first kappa shape index (κ1) is 5.30. The number of unbranched alkanes of at least 4 members (excludes halogenated alkanes) is 5. The summed E-state index contributed by atoms with van der Waals surface area (Å²) in [5.74, 6) is -0.865. The Labute approximate surface area is 131 Å². The molecule has 0 spiro atoms. The molecule has 2 heteroatoms. The van der Waals surface area contributed by atoms with E-state index in [1.165, 1.54) is 6.08 Å². The van der Waals surface area contributed by atoms with Crippen LogP contribution in [-0.4, -0.2) is 11.1 Å². The highest BCUT2D eigenvalue weighted by Crippen LogP contribution is 2.08. The molecule has 106 valence electrons. The van der Waals surface area contributed by atoms with E-state index < -0.39 is 44.7 Å². The molecule has 1 N–H and O–H groups in total. The van der Waals surface area contributed by atoms with Crippen molar-refractivity contribution in [1.29, 1.82) is 0 Å². The maximum Gasteiger partial charge on any atom is 0.303 e. The second-order valence-electron chi connectivity index (χ2n) is 3.75. The van der Waals surface area contributed by atoms with Gasteiger partial charge in [-0.05, 0) is 32.0 Å². The van der Waals surface area contributed by atoms with Crippen molar-refractivity contribution in [2.45, 2.75) is 83.7 Å². The normalized spacial score (nSPS) is 26.6. The lowest BCUT2D eigenvalue weighted by atomic mass is 10.1. The van der Waals surface area contributed by atoms with Crippen molar-refractivity contribution in [3.8, 4) is 0 Å². The van der Waals surface area contributed by atoms with Gasteiger partial charge in [0.15, 0.2) is 0 Å². The standard InChI is InChI=1S/C16H30O2/c1-2-3-4-5-6-7-8-9-10-11-12-13-14-15-16(17)18/h7-8H,2-6,9-15H2,1H3,(H,17,18)/b8-7+/i1D3,2D2,3D2,4D2,5D2,6D2. The molecule has 0 aromatic heterocycles. The first-order chi connectivity index (χ1) is 13.7. The molecule has 0 saturated carbocycles. The van der Waals surface area contributed by atoms with E-state index in [0.717, 1.165) is 25.3 Å². The lowest BCUT2D eigenvalue weighted by Crippen LogP contribution is -1.93. The average Bonchev–Trinajstić information content (AvgIpc) is 2.58. The number of carbonyl (C=O) groups is 1. The highest BCUT2D eigenvalue weighted by atomic mass is 16.4. The number of hydrogen-bond donors (Lipinski definition) is 1. The highest BCUT2D eigenvalue weighted by Gasteiger charge is 1.95. The highest BCUT2D eigenvalue weighted by molar-refractivity contribution is 5.66. The van der Waals surface area contributed by atoms with Crippen molar-refractivity contribution >= 4 is 5.97 Å². The van der Waals surface area contributed by atoms with Gasteiger partial charge in [0.1, 0.15) is 0 Å². The van der Waals surface area contributed by atoms with Crippen molar-refractivity contribution in [2.24, 2.45) is 0 Å². The predicted octanol–water partition coefficient (Wildman–Crippen LogP) is 5.33. The topological polar surface area (TPSA) is 37.3 Å². The molecular weight excluding hydrogens is 224 g/mol. The SMILES string of the molecule is [2H]C([2H])([2H])C([2H])([2H])C([2H])([2H])C([2H])([2H])C([2H])([2H])C([2H])([2H])/C=C/CCCCCCCC(=O)O. The van der Waals surface area contributed by atoms with E-state index in [9.17, 15) is 4.79 Å². The molecular formula is C16H30O2. The monoisotopic (exact) mass is 267 g/mol. The first-order valence-corrected chi connectivity index (χ1v) is 6.06. The summed E-state index contributed by atoms with van der Waals surface area (Å²) in [5, 5.41) is 8.55. The van der Waals surface area contributed by atoms with Crippen molar-refractivity contribution in [2.75, 3.05) is 0 Å². The fraction of sp³-hybridized carbons (Fsp3) is 0.812. The molecule has 0 heterocycles. The maximum atomic E-state index is 10.4. The molecule has 0 aliphatic rings. The van der Waals surface area contributed by atoms with Crippen LogP contribution >= 0.6 is 0 Å². The van der Waals surface area contributed by atoms with Crippen LogP contribution in [0.5, 0.6) is 0 Å². The quantitative estimate of drug-likeness (QED) is 0.362. The summed E-state index contributed by atoms with van der Waals surface area (Å²) in [6.45, 7) is -3.60. The van der Waals surface area contributed by atoms with Gasteiger partial charge in [-0.1, -0.05) is 57.4 Å². The summed E-state index contributed by atoms with van der Waals surface area (Å²) in [6.07, 6.45) is -12.4. The Kier molecular flexibility index (Phi) is 4.20. The Morgan fingerprint density at radius 1 is 1.11 bits per heavy atom. The number of aliphatic carboxylic acids is 1. The Balaban J connectivity index is 5.21. The Morgan fingerprint density at radius 3 is 2.67 bits per heavy atom. The predicted molar refractivity (Wildman–Crippen MR) is 77.9 cm³/mol. The van der Waals surface area contributed by atoms with Gasteiger partial charge in [-0.3, -0.25) is 4.79 Å². The lowest BCUT2D eigenvalue weighted by Gasteiger charge is -1.98. The molecule has 0 unspecified atom stereocenters. The minimum atomic E-state index is -3.88. The second-order valence-corrected chi connectivity index (χ2v) is 3.75. The molecule has 0 aliphatic heterocycles. The fourth-order valence-electron chi connectivity index (χ4n) is 1.35. The summed E-state index contributed by atoms with van der Waals surface area (Å²) in [7, 11) is 0. The van der Waals surface area contributed by atoms with Crippen LogP contribution in [0.15, 0.2) is 12.2 Å². The molecule has 0 rings (SSSR count). The fourth-order valence-corrected chi connectivity index (χ4v) is 1.35. The van der Waals surface area contributed by atoms with E-state index in [4.69, 9.17) is 22.9 Å². The van der Waals surface area contributed by atoms with Crippen molar-refractivity contribution in [3.63, 3.8) is 0 Å². The Hall–Kier alpha value is -0.790. The molecule has 0 bridgehead atoms. The van der Waals surface area contributed by atoms with Gasteiger partial charge in [0.25, 0.3) is 0 Å². The summed E-state index contributed by atoms with van der Waals surface area (Å²) >= 11 is 0. The molecule has 0 radical (unpaired) electrons. The van der Waals surface area contributed by atoms with Crippen LogP contribution in [0.25, 0.3) is 0 Å². The van der Waals surface area contributed by atoms with Crippen LogP contribution in [-0.2, 0) is 4.79 Å². The van der Waals surface area contributed by atoms with Crippen LogP contribution in [0.3, 0.4) is 0 Å². The zero-order chi connectivity index (χ0) is 24.9. The van der Waals surface area contributed by atoms with Gasteiger partial charge in [-0.2, -0.15) is 0 Å². The van der Waals surface area contributed by atoms with Crippen molar-refractivity contribution in [3.05, 3.63) is 12.2 Å². The van der Waals surface area contributed by atoms with E-state index in [1.807, 2.05) is 0 Å². The van der Waals surface area contributed by atoms with Gasteiger partial charge in [0.2, 0.25) is 0 Å². The molecule has 0 saturated heterocycles. The van der Waals surface area contributed by atoms with Gasteiger partial charge in [-0.15, -0.1) is 0 Å². The van der Waals surface area contributed by atoms with E-state index in [1.54, 1.807) is 0 Å². The van der Waals surface area contributed by atoms with Crippen molar-refractivity contribution in [1.82, 2.24) is 0 Å². The smallest absolute Gasteiger partial charge is 0.303 e. The summed E-state index contributed by atoms with van der Waals surface area (Å²) in [5.41, 5.74) is 0. The molecule has 0 aromatic carbocycles. The molecule has 2 nitrogen and oxygen atoms in total. The van der Waals surface area contributed by atoms with Crippen LogP contribution in [0, 0.1) is 0 Å². The van der Waals surface area contributed by atoms with E-state index >= 15 is 0 Å². The number of carboxylic acids is 1. The minimum Gasteiger partial charge on any atom is -0.481 e. The largest absolute Gasteiger partial charge is 0.481 e. The minimum absolute atomic E-state index is 0.0877. The first-order valence-electron chi connectivity index (χ1n) is 12.6. The van der Waals surface area contributed by atoms with E-state index in [2.05, 4.69) is 0 Å². The van der Waals surface area contributed by atoms with E-state index in [0.29, 0.717) is 19.3 Å². The molecule has 0 atom stereocenters. The summed E-state index contributed by atoms with van der Waals surface area (Å²) in [4.78, 5) is 10.4. The molecule has 0 amide bonds. The molecule has 0 aliphatic carbocycles. The number of carboxylic acid groups (broad SMARTS) is 1. The molecule has 0 aromatic rings. The lowest BCUT2D eigenvalue weighted by molar-refractivity contribution is -0.137. The van der Waals surface area contributed by atoms with Crippen molar-refractivity contribution < 1.29 is 27.7 Å². The van der Waals surface area contributed by atoms with Gasteiger partial charge in [0.05, 0.1) is 0 Å². The second kappa shape index (κ2) is 14.3. The average molecular weight is 267 g/mol. The number of rotatable bonds is 13. The number of allylic oxidation sites excluding steroid dienone is 2. The third-order valence-electron chi connectivity index (χ3n) is 2.22. The zero-order valence-electron chi connectivity index (χ0n) is 23.5. The van der Waals surface area contributed by atoms with Gasteiger partial charge < -0.3 is 5.11 Å². The van der Waals surface area contributed by atoms with Gasteiger partial charge in [0, 0.05) is 24.2 Å². The third-order valence-corrected chi connectivity index (χ3v) is 2.22. The van der Waals surface area contributed by atoms with E-state index in [-0.39, 0.29) is 6.42 Å². The van der Waals surface area contributed by atoms with Crippen LogP contribution < -0.4 is 0 Å². The van der Waals surface area contributed by atoms with Crippen LogP contribution in [0.1, 0.15) is 101 Å². The van der Waals surface area contributed by atoms with Crippen LogP contribution in [0.2, 0.25) is 0 Å². The molecule has 18 heavy (non-hydrogen) atoms. The Bertz CT molecular complexity index is 623. The number of hydrogen-bond acceptors (Lipinski definition) is 1. The Morgan fingerprint density at radius 2 is 1.89 bits per heavy atom. The zero-order valence-corrected chi connectivity index (χ0v) is 10.5.